The van der Waals surface area contributed by atoms with Crippen molar-refractivity contribution in [2.24, 2.45) is 0 Å². The van der Waals surface area contributed by atoms with Crippen LogP contribution in [-0.2, 0) is 13.1 Å². The molecule has 138 valence electrons. The molecule has 1 saturated heterocycles. The van der Waals surface area contributed by atoms with E-state index in [0.717, 1.165) is 6.54 Å². The Kier molecular flexibility index (Phi) is 6.12. The average molecular weight is 355 g/mol. The number of benzene rings is 2. The summed E-state index contributed by atoms with van der Waals surface area (Å²) in [7, 11) is 3.15. The van der Waals surface area contributed by atoms with E-state index in [-0.39, 0.29) is 5.91 Å². The highest BCUT2D eigenvalue weighted by atomic mass is 16.5. The van der Waals surface area contributed by atoms with Gasteiger partial charge in [0.15, 0.2) is 0 Å². The van der Waals surface area contributed by atoms with Crippen molar-refractivity contribution in [1.82, 2.24) is 5.32 Å². The van der Waals surface area contributed by atoms with Gasteiger partial charge in [0.2, 0.25) is 0 Å². The van der Waals surface area contributed by atoms with E-state index in [2.05, 4.69) is 23.5 Å². The van der Waals surface area contributed by atoms with E-state index in [1.165, 1.54) is 37.1 Å². The van der Waals surface area contributed by atoms with Crippen LogP contribution in [0, 0.1) is 0 Å². The van der Waals surface area contributed by atoms with Gasteiger partial charge in [0.05, 0.1) is 32.9 Å². The van der Waals surface area contributed by atoms with Crippen molar-refractivity contribution in [3.63, 3.8) is 0 Å². The number of methoxy groups -OCH3 is 2. The van der Waals surface area contributed by atoms with E-state index in [1.54, 1.807) is 37.3 Å². The second-order valence-corrected chi connectivity index (χ2v) is 6.65. The first-order valence-electron chi connectivity index (χ1n) is 9.12. The average Bonchev–Trinajstić information content (AvgIpc) is 3.19. The normalized spacial score (nSPS) is 14.2. The second kappa shape index (κ2) is 8.72. The molecule has 1 amide bonds. The Morgan fingerprint density at radius 2 is 1.77 bits per heavy atom. The maximum absolute atomic E-state index is 12.6. The van der Waals surface area contributed by atoms with Gasteiger partial charge in [-0.25, -0.2) is 0 Å². The smallest absolute Gasteiger partial charge is 0.255 e. The Bertz CT molecular complexity index is 755. The van der Waals surface area contributed by atoms with Crippen molar-refractivity contribution in [3.8, 4) is 11.5 Å². The number of likely N-dealkylation sites (tertiary alicyclic amines) is 1. The SMILES string of the molecule is COc1ccc(C(=O)NCc2ccccc2C[NH+]2CCCC2)c(OC)c1. The van der Waals surface area contributed by atoms with Gasteiger partial charge in [-0.05, 0) is 17.7 Å². The largest absolute Gasteiger partial charge is 0.497 e. The summed E-state index contributed by atoms with van der Waals surface area (Å²) in [4.78, 5) is 14.2. The molecule has 0 atom stereocenters. The zero-order chi connectivity index (χ0) is 18.4. The third kappa shape index (κ3) is 4.35. The predicted molar refractivity (Wildman–Crippen MR) is 101 cm³/mol. The fraction of sp³-hybridized carbons (Fsp3) is 0.381. The van der Waals surface area contributed by atoms with Crippen LogP contribution < -0.4 is 19.7 Å². The molecule has 0 saturated carbocycles. The summed E-state index contributed by atoms with van der Waals surface area (Å²) in [6.07, 6.45) is 2.62. The first kappa shape index (κ1) is 18.3. The molecule has 26 heavy (non-hydrogen) atoms. The van der Waals surface area contributed by atoms with E-state index >= 15 is 0 Å². The molecule has 0 unspecified atom stereocenters. The number of ether oxygens (including phenoxy) is 2. The Balaban J connectivity index is 1.68. The molecule has 5 heteroatoms. The Morgan fingerprint density at radius 1 is 1.04 bits per heavy atom. The van der Waals surface area contributed by atoms with Crippen molar-refractivity contribution in [3.05, 3.63) is 59.2 Å². The van der Waals surface area contributed by atoms with Crippen LogP contribution in [0.5, 0.6) is 11.5 Å². The molecule has 1 aliphatic rings. The van der Waals surface area contributed by atoms with Gasteiger partial charge in [-0.15, -0.1) is 0 Å². The Labute approximate surface area is 154 Å². The molecular formula is C21H27N2O3+. The van der Waals surface area contributed by atoms with Crippen LogP contribution in [0.1, 0.15) is 34.3 Å². The molecule has 5 nitrogen and oxygen atoms in total. The molecule has 2 N–H and O–H groups in total. The minimum absolute atomic E-state index is 0.146. The zero-order valence-corrected chi connectivity index (χ0v) is 15.5. The van der Waals surface area contributed by atoms with Crippen LogP contribution in [0.25, 0.3) is 0 Å². The highest BCUT2D eigenvalue weighted by Gasteiger charge is 2.18. The third-order valence-corrected chi connectivity index (χ3v) is 4.96. The van der Waals surface area contributed by atoms with E-state index in [1.807, 2.05) is 6.07 Å². The summed E-state index contributed by atoms with van der Waals surface area (Å²) >= 11 is 0. The summed E-state index contributed by atoms with van der Waals surface area (Å²) in [6.45, 7) is 4.02. The van der Waals surface area contributed by atoms with Crippen molar-refractivity contribution in [2.45, 2.75) is 25.9 Å². The number of carbonyl (C=O) groups excluding carboxylic acids is 1. The lowest BCUT2D eigenvalue weighted by atomic mass is 10.1. The van der Waals surface area contributed by atoms with Gasteiger partial charge in [0, 0.05) is 31.0 Å². The number of hydrogen-bond donors (Lipinski definition) is 2. The van der Waals surface area contributed by atoms with Crippen LogP contribution >= 0.6 is 0 Å². The lowest BCUT2D eigenvalue weighted by Crippen LogP contribution is -3.08. The van der Waals surface area contributed by atoms with Crippen LogP contribution in [0.2, 0.25) is 0 Å². The number of hydrogen-bond acceptors (Lipinski definition) is 3. The summed E-state index contributed by atoms with van der Waals surface area (Å²) in [5, 5.41) is 3.02. The molecule has 3 rings (SSSR count). The fourth-order valence-electron chi connectivity index (χ4n) is 3.48. The fourth-order valence-corrected chi connectivity index (χ4v) is 3.48. The predicted octanol–water partition coefficient (Wildman–Crippen LogP) is 1.81. The van der Waals surface area contributed by atoms with Gasteiger partial charge < -0.3 is 19.7 Å². The van der Waals surface area contributed by atoms with Crippen molar-refractivity contribution in [1.29, 1.82) is 0 Å². The van der Waals surface area contributed by atoms with Gasteiger partial charge in [-0.3, -0.25) is 4.79 Å². The quantitative estimate of drug-likeness (QED) is 0.797. The molecule has 1 fully saturated rings. The molecular weight excluding hydrogens is 328 g/mol. The number of carbonyl (C=O) groups is 1. The highest BCUT2D eigenvalue weighted by molar-refractivity contribution is 5.97. The monoisotopic (exact) mass is 355 g/mol. The van der Waals surface area contributed by atoms with Crippen LogP contribution in [-0.4, -0.2) is 33.2 Å². The zero-order valence-electron chi connectivity index (χ0n) is 15.5. The second-order valence-electron chi connectivity index (χ2n) is 6.65. The van der Waals surface area contributed by atoms with Crippen molar-refractivity contribution < 1.29 is 19.2 Å². The van der Waals surface area contributed by atoms with Crippen molar-refractivity contribution >= 4 is 5.91 Å². The molecule has 0 bridgehead atoms. The standard InChI is InChI=1S/C21H26N2O3/c1-25-18-9-10-19(20(13-18)26-2)21(24)22-14-16-7-3-4-8-17(16)15-23-11-5-6-12-23/h3-4,7-10,13H,5-6,11-12,14-15H2,1-2H3,(H,22,24)/p+1. The van der Waals surface area contributed by atoms with Gasteiger partial charge in [-0.2, -0.15) is 0 Å². The molecule has 0 spiro atoms. The molecule has 1 heterocycles. The summed E-state index contributed by atoms with van der Waals surface area (Å²) in [6, 6.07) is 13.6. The van der Waals surface area contributed by atoms with Crippen LogP contribution in [0.4, 0.5) is 0 Å². The maximum atomic E-state index is 12.6. The minimum atomic E-state index is -0.146. The first-order valence-corrected chi connectivity index (χ1v) is 9.12. The van der Waals surface area contributed by atoms with Gasteiger partial charge >= 0.3 is 0 Å². The van der Waals surface area contributed by atoms with Crippen LogP contribution in [0.3, 0.4) is 0 Å². The highest BCUT2D eigenvalue weighted by Crippen LogP contribution is 2.24. The molecule has 2 aromatic carbocycles. The first-order chi connectivity index (χ1) is 12.7. The van der Waals surface area contributed by atoms with E-state index < -0.39 is 0 Å². The molecule has 0 aliphatic carbocycles. The number of rotatable bonds is 7. The maximum Gasteiger partial charge on any atom is 0.255 e. The Hall–Kier alpha value is -2.53. The number of amides is 1. The topological polar surface area (TPSA) is 52.0 Å². The number of quaternary nitrogens is 1. The Morgan fingerprint density at radius 3 is 2.46 bits per heavy atom. The van der Waals surface area contributed by atoms with Gasteiger partial charge in [0.25, 0.3) is 5.91 Å². The summed E-state index contributed by atoms with van der Waals surface area (Å²) in [5.74, 6) is 1.03. The molecule has 2 aromatic rings. The number of nitrogens with one attached hydrogen (secondary N) is 2. The molecule has 1 aliphatic heterocycles. The summed E-state index contributed by atoms with van der Waals surface area (Å²) in [5.41, 5.74) is 3.00. The molecule has 0 radical (unpaired) electrons. The van der Waals surface area contributed by atoms with Crippen LogP contribution in [0.15, 0.2) is 42.5 Å². The minimum Gasteiger partial charge on any atom is -0.497 e. The van der Waals surface area contributed by atoms with Gasteiger partial charge in [-0.1, -0.05) is 24.3 Å². The molecule has 0 aromatic heterocycles. The third-order valence-electron chi connectivity index (χ3n) is 4.96. The van der Waals surface area contributed by atoms with E-state index in [0.29, 0.717) is 23.6 Å². The van der Waals surface area contributed by atoms with E-state index in [9.17, 15) is 4.79 Å². The lowest BCUT2D eigenvalue weighted by Gasteiger charge is -2.16. The van der Waals surface area contributed by atoms with Crippen molar-refractivity contribution in [2.75, 3.05) is 27.3 Å². The van der Waals surface area contributed by atoms with Gasteiger partial charge in [0.1, 0.15) is 18.0 Å². The van der Waals surface area contributed by atoms with E-state index in [4.69, 9.17) is 9.47 Å². The lowest BCUT2D eigenvalue weighted by molar-refractivity contribution is -0.901. The summed E-state index contributed by atoms with van der Waals surface area (Å²) < 4.78 is 10.5.